The third kappa shape index (κ3) is 5.81. The number of likely N-dealkylation sites (tertiary alicyclic amines) is 1. The van der Waals surface area contributed by atoms with Gasteiger partial charge in [-0.25, -0.2) is 8.42 Å². The Morgan fingerprint density at radius 2 is 1.76 bits per heavy atom. The summed E-state index contributed by atoms with van der Waals surface area (Å²) < 4.78 is 70.0. The summed E-state index contributed by atoms with van der Waals surface area (Å²) in [5.41, 5.74) is -1.14. The molecule has 2 aliphatic carbocycles. The van der Waals surface area contributed by atoms with Crippen LogP contribution in [0.25, 0.3) is 0 Å². The molecular formula is C29H29ClF3N3O5S. The molecule has 3 aliphatic rings. The number of sulfone groups is 1. The van der Waals surface area contributed by atoms with Gasteiger partial charge in [0.25, 0.3) is 0 Å². The van der Waals surface area contributed by atoms with Crippen molar-refractivity contribution in [2.45, 2.75) is 78.3 Å². The number of carbonyl (C=O) groups excluding carboxylic acids is 2. The SMILES string of the molecule is N#CC1(NC(=O)[C@@H]2C[C@@H](S(=O)(=O)c3ccc(OCC(F)(F)F)cc3Cl)CN2C(=O)C2(c3ccccc3)CCCC2)CC1. The van der Waals surface area contributed by atoms with Gasteiger partial charge in [0.2, 0.25) is 11.8 Å². The molecular weight excluding hydrogens is 595 g/mol. The third-order valence-corrected chi connectivity index (χ3v) is 11.0. The molecule has 224 valence electrons. The molecule has 0 spiro atoms. The predicted octanol–water partition coefficient (Wildman–Crippen LogP) is 4.71. The number of carbonyl (C=O) groups is 2. The van der Waals surface area contributed by atoms with Gasteiger partial charge in [-0.15, -0.1) is 0 Å². The summed E-state index contributed by atoms with van der Waals surface area (Å²) >= 11 is 6.22. The van der Waals surface area contributed by atoms with E-state index in [9.17, 15) is 36.4 Å². The highest BCUT2D eigenvalue weighted by Crippen LogP contribution is 2.45. The molecule has 2 atom stereocenters. The third-order valence-electron chi connectivity index (χ3n) is 8.40. The van der Waals surface area contributed by atoms with E-state index in [1.165, 1.54) is 4.90 Å². The first-order chi connectivity index (χ1) is 19.8. The smallest absolute Gasteiger partial charge is 0.422 e. The van der Waals surface area contributed by atoms with Gasteiger partial charge >= 0.3 is 6.18 Å². The monoisotopic (exact) mass is 623 g/mol. The van der Waals surface area contributed by atoms with Crippen molar-refractivity contribution in [1.29, 1.82) is 5.26 Å². The van der Waals surface area contributed by atoms with Crippen molar-refractivity contribution in [3.8, 4) is 11.8 Å². The van der Waals surface area contributed by atoms with Crippen LogP contribution >= 0.6 is 11.6 Å². The van der Waals surface area contributed by atoms with Crippen molar-refractivity contribution in [3.63, 3.8) is 0 Å². The van der Waals surface area contributed by atoms with Gasteiger partial charge in [0.05, 0.1) is 26.7 Å². The van der Waals surface area contributed by atoms with E-state index in [1.807, 2.05) is 30.3 Å². The van der Waals surface area contributed by atoms with Crippen LogP contribution in [0, 0.1) is 11.3 Å². The Labute approximate surface area is 246 Å². The van der Waals surface area contributed by atoms with E-state index in [0.717, 1.165) is 36.6 Å². The van der Waals surface area contributed by atoms with E-state index in [1.54, 1.807) is 0 Å². The Bertz CT molecular complexity index is 1520. The van der Waals surface area contributed by atoms with E-state index in [0.29, 0.717) is 25.7 Å². The lowest BCUT2D eigenvalue weighted by Gasteiger charge is -2.35. The molecule has 3 fully saturated rings. The summed E-state index contributed by atoms with van der Waals surface area (Å²) in [6, 6.07) is 13.3. The van der Waals surface area contributed by atoms with E-state index in [2.05, 4.69) is 16.1 Å². The Morgan fingerprint density at radius 1 is 1.10 bits per heavy atom. The first-order valence-corrected chi connectivity index (χ1v) is 15.6. The van der Waals surface area contributed by atoms with Gasteiger partial charge < -0.3 is 15.0 Å². The quantitative estimate of drug-likeness (QED) is 0.455. The molecule has 2 amide bonds. The molecule has 2 aromatic rings. The minimum Gasteiger partial charge on any atom is -0.484 e. The zero-order valence-corrected chi connectivity index (χ0v) is 24.1. The van der Waals surface area contributed by atoms with Gasteiger partial charge in [-0.05, 0) is 49.8 Å². The highest BCUT2D eigenvalue weighted by atomic mass is 35.5. The first-order valence-electron chi connectivity index (χ1n) is 13.6. The van der Waals surface area contributed by atoms with Gasteiger partial charge in [0.15, 0.2) is 16.4 Å². The van der Waals surface area contributed by atoms with Crippen LogP contribution in [0.1, 0.15) is 50.5 Å². The fraction of sp³-hybridized carbons (Fsp3) is 0.483. The lowest BCUT2D eigenvalue weighted by atomic mass is 9.77. The molecule has 0 unspecified atom stereocenters. The van der Waals surface area contributed by atoms with Crippen LogP contribution in [0.2, 0.25) is 5.02 Å². The van der Waals surface area contributed by atoms with Crippen LogP contribution in [-0.2, 0) is 24.8 Å². The Kier molecular flexibility index (Phi) is 7.96. The molecule has 2 saturated carbocycles. The Morgan fingerprint density at radius 3 is 2.33 bits per heavy atom. The standard InChI is InChI=1S/C29H29ClF3N3O5S/c30-22-14-20(41-18-29(31,32)33)8-9-24(22)42(39,40)21-15-23(25(37)35-27(17-34)12-13-27)36(16-21)26(38)28(10-4-5-11-28)19-6-2-1-3-7-19/h1-3,6-9,14,21,23H,4-5,10-13,15-16,18H2,(H,35,37)/t21-,23+/m1/s1. The maximum Gasteiger partial charge on any atom is 0.422 e. The number of hydrogen-bond acceptors (Lipinski definition) is 6. The number of ether oxygens (including phenoxy) is 1. The maximum atomic E-state index is 14.4. The van der Waals surface area contributed by atoms with Crippen molar-refractivity contribution in [1.82, 2.24) is 10.2 Å². The molecule has 1 saturated heterocycles. The summed E-state index contributed by atoms with van der Waals surface area (Å²) in [7, 11) is -4.25. The molecule has 13 heteroatoms. The molecule has 1 heterocycles. The molecule has 0 bridgehead atoms. The molecule has 42 heavy (non-hydrogen) atoms. The van der Waals surface area contributed by atoms with Gasteiger partial charge in [0.1, 0.15) is 17.3 Å². The predicted molar refractivity (Wildman–Crippen MR) is 146 cm³/mol. The number of hydrogen-bond donors (Lipinski definition) is 1. The summed E-state index contributed by atoms with van der Waals surface area (Å²) in [6.07, 6.45) is -1.21. The number of benzene rings is 2. The lowest BCUT2D eigenvalue weighted by molar-refractivity contribution is -0.153. The van der Waals surface area contributed by atoms with Gasteiger partial charge in [-0.3, -0.25) is 9.59 Å². The van der Waals surface area contributed by atoms with Crippen LogP contribution in [-0.4, -0.2) is 61.3 Å². The topological polar surface area (TPSA) is 117 Å². The van der Waals surface area contributed by atoms with Crippen molar-refractivity contribution in [2.75, 3.05) is 13.2 Å². The number of halogens is 4. The Balaban J connectivity index is 1.46. The summed E-state index contributed by atoms with van der Waals surface area (Å²) in [4.78, 5) is 28.9. The highest BCUT2D eigenvalue weighted by Gasteiger charge is 2.54. The van der Waals surface area contributed by atoms with Gasteiger partial charge in [0, 0.05) is 12.6 Å². The normalized spacial score (nSPS) is 22.8. The second-order valence-corrected chi connectivity index (χ2v) is 13.8. The molecule has 1 N–H and O–H groups in total. The van der Waals surface area contributed by atoms with Crippen LogP contribution < -0.4 is 10.1 Å². The Hall–Kier alpha value is -3.30. The van der Waals surface area contributed by atoms with Gasteiger partial charge in [-0.2, -0.15) is 18.4 Å². The van der Waals surface area contributed by atoms with Gasteiger partial charge in [-0.1, -0.05) is 54.8 Å². The zero-order chi connectivity index (χ0) is 30.3. The van der Waals surface area contributed by atoms with Crippen molar-refractivity contribution >= 4 is 33.3 Å². The van der Waals surface area contributed by atoms with Crippen molar-refractivity contribution in [2.24, 2.45) is 0 Å². The molecule has 8 nitrogen and oxygen atoms in total. The summed E-state index contributed by atoms with van der Waals surface area (Å²) in [5.74, 6) is -1.19. The van der Waals surface area contributed by atoms with Crippen LogP contribution in [0.3, 0.4) is 0 Å². The summed E-state index contributed by atoms with van der Waals surface area (Å²) in [6.45, 7) is -1.85. The molecule has 5 rings (SSSR count). The number of nitriles is 1. The fourth-order valence-electron chi connectivity index (χ4n) is 5.99. The molecule has 1 aliphatic heterocycles. The van der Waals surface area contributed by atoms with Crippen molar-refractivity contribution in [3.05, 3.63) is 59.1 Å². The van der Waals surface area contributed by atoms with Crippen LogP contribution in [0.15, 0.2) is 53.4 Å². The summed E-state index contributed by atoms with van der Waals surface area (Å²) in [5, 5.41) is 10.7. The average Bonchev–Trinajstić information content (AvgIpc) is 3.34. The highest BCUT2D eigenvalue weighted by molar-refractivity contribution is 7.92. The van der Waals surface area contributed by atoms with E-state index in [4.69, 9.17) is 11.6 Å². The van der Waals surface area contributed by atoms with E-state index in [-0.39, 0.29) is 34.5 Å². The zero-order valence-electron chi connectivity index (χ0n) is 22.5. The molecule has 2 aromatic carbocycles. The lowest BCUT2D eigenvalue weighted by Crippen LogP contribution is -2.54. The minimum atomic E-state index is -4.59. The number of nitrogens with zero attached hydrogens (tertiary/aromatic N) is 2. The van der Waals surface area contributed by atoms with Crippen LogP contribution in [0.5, 0.6) is 5.75 Å². The maximum absolute atomic E-state index is 14.4. The number of amides is 2. The average molecular weight is 624 g/mol. The fourth-order valence-corrected chi connectivity index (χ4v) is 8.22. The molecule has 0 radical (unpaired) electrons. The molecule has 0 aromatic heterocycles. The largest absolute Gasteiger partial charge is 0.484 e. The second-order valence-electron chi connectivity index (χ2n) is 11.2. The van der Waals surface area contributed by atoms with Crippen molar-refractivity contribution < 1.29 is 35.9 Å². The van der Waals surface area contributed by atoms with E-state index < -0.39 is 50.8 Å². The van der Waals surface area contributed by atoms with E-state index >= 15 is 0 Å². The minimum absolute atomic E-state index is 0.227. The number of alkyl halides is 3. The number of nitrogens with one attached hydrogen (secondary N) is 1. The second kappa shape index (κ2) is 11.1. The van der Waals surface area contributed by atoms with Crippen LogP contribution in [0.4, 0.5) is 13.2 Å². The number of rotatable bonds is 8. The first kappa shape index (κ1) is 30.2.